The minimum atomic E-state index is -0.405. The molecule has 1 aliphatic heterocycles. The van der Waals surface area contributed by atoms with Crippen LogP contribution in [0.2, 0.25) is 0 Å². The van der Waals surface area contributed by atoms with Gasteiger partial charge in [-0.05, 0) is 23.1 Å². The summed E-state index contributed by atoms with van der Waals surface area (Å²) in [5.41, 5.74) is 4.47. The Morgan fingerprint density at radius 2 is 1.83 bits per heavy atom. The van der Waals surface area contributed by atoms with Crippen molar-refractivity contribution in [3.05, 3.63) is 54.4 Å². The lowest BCUT2D eigenvalue weighted by Gasteiger charge is -2.30. The molecule has 2 heterocycles. The Balaban J connectivity index is 1.87. The van der Waals surface area contributed by atoms with Crippen LogP contribution in [0.25, 0.3) is 21.9 Å². The first-order valence-corrected chi connectivity index (χ1v) is 9.83. The van der Waals surface area contributed by atoms with Gasteiger partial charge < -0.3 is 19.9 Å². The van der Waals surface area contributed by atoms with Crippen LogP contribution in [0, 0.1) is 0 Å². The number of nitrogens with one attached hydrogen (secondary N) is 1. The zero-order chi connectivity index (χ0) is 20.4. The zero-order valence-electron chi connectivity index (χ0n) is 17.1. The summed E-state index contributed by atoms with van der Waals surface area (Å²) in [4.78, 5) is 21.2. The molecule has 6 heteroatoms. The topological polar surface area (TPSA) is 57.7 Å². The molecule has 4 rings (SSSR count). The van der Waals surface area contributed by atoms with Gasteiger partial charge in [-0.15, -0.1) is 0 Å². The van der Waals surface area contributed by atoms with E-state index >= 15 is 0 Å². The summed E-state index contributed by atoms with van der Waals surface area (Å²) < 4.78 is 4.98. The van der Waals surface area contributed by atoms with Gasteiger partial charge in [-0.3, -0.25) is 0 Å². The molecule has 0 radical (unpaired) electrons. The fourth-order valence-corrected chi connectivity index (χ4v) is 3.94. The summed E-state index contributed by atoms with van der Waals surface area (Å²) in [6.07, 6.45) is 1.77. The first kappa shape index (κ1) is 19.2. The number of benzene rings is 2. The molecule has 6 nitrogen and oxygen atoms in total. The number of hydrogen-bond donors (Lipinski definition) is 1. The van der Waals surface area contributed by atoms with Crippen molar-refractivity contribution in [3.63, 3.8) is 0 Å². The molecule has 0 saturated carbocycles. The highest BCUT2D eigenvalue weighted by Gasteiger charge is 2.22. The maximum absolute atomic E-state index is 12.3. The molecular formula is C23H26N4O2. The number of hydrogen-bond acceptors (Lipinski definition) is 6. The Morgan fingerprint density at radius 3 is 2.55 bits per heavy atom. The number of rotatable bonds is 4. The molecule has 0 spiro atoms. The third-order valence-electron chi connectivity index (χ3n) is 5.40. The predicted molar refractivity (Wildman–Crippen MR) is 118 cm³/mol. The van der Waals surface area contributed by atoms with E-state index in [1.807, 2.05) is 0 Å². The van der Waals surface area contributed by atoms with Crippen molar-refractivity contribution in [2.75, 3.05) is 57.2 Å². The number of ether oxygens (including phenoxy) is 1. The molecule has 1 aliphatic rings. The summed E-state index contributed by atoms with van der Waals surface area (Å²) >= 11 is 0. The van der Waals surface area contributed by atoms with Crippen LogP contribution in [0.5, 0.6) is 0 Å². The summed E-state index contributed by atoms with van der Waals surface area (Å²) in [6, 6.07) is 14.7. The highest BCUT2D eigenvalue weighted by atomic mass is 16.5. The van der Waals surface area contributed by atoms with Gasteiger partial charge in [-0.25, -0.2) is 9.78 Å². The Labute approximate surface area is 171 Å². The molecule has 1 aromatic heterocycles. The molecule has 0 aliphatic carbocycles. The van der Waals surface area contributed by atoms with Gasteiger partial charge in [0, 0.05) is 63.1 Å². The van der Waals surface area contributed by atoms with Crippen LogP contribution in [-0.2, 0) is 4.74 Å². The molecule has 2 aromatic carbocycles. The number of esters is 1. The quantitative estimate of drug-likeness (QED) is 0.691. The van der Waals surface area contributed by atoms with E-state index in [9.17, 15) is 4.79 Å². The van der Waals surface area contributed by atoms with Crippen LogP contribution in [0.15, 0.2) is 48.7 Å². The second-order valence-electron chi connectivity index (χ2n) is 7.39. The highest BCUT2D eigenvalue weighted by Crippen LogP contribution is 2.35. The highest BCUT2D eigenvalue weighted by molar-refractivity contribution is 6.04. The van der Waals surface area contributed by atoms with Crippen molar-refractivity contribution in [1.29, 1.82) is 0 Å². The third kappa shape index (κ3) is 3.63. The van der Waals surface area contributed by atoms with E-state index in [0.717, 1.165) is 48.4 Å². The summed E-state index contributed by atoms with van der Waals surface area (Å²) in [6.45, 7) is 3.42. The van der Waals surface area contributed by atoms with Crippen LogP contribution in [0.4, 0.5) is 11.4 Å². The lowest BCUT2D eigenvalue weighted by Crippen LogP contribution is -2.44. The molecule has 0 unspecified atom stereocenters. The minimum absolute atomic E-state index is 0.368. The van der Waals surface area contributed by atoms with Gasteiger partial charge >= 0.3 is 5.97 Å². The van der Waals surface area contributed by atoms with Gasteiger partial charge in [0.15, 0.2) is 5.69 Å². The molecule has 3 aromatic rings. The molecule has 1 fully saturated rings. The lowest BCUT2D eigenvalue weighted by atomic mass is 9.97. The summed E-state index contributed by atoms with van der Waals surface area (Å²) in [5.74, 6) is -0.405. The molecule has 150 valence electrons. The fourth-order valence-electron chi connectivity index (χ4n) is 3.94. The maximum atomic E-state index is 12.3. The number of carbonyl (C=O) groups excluding carboxylic acids is 1. The van der Waals surface area contributed by atoms with Crippen molar-refractivity contribution in [3.8, 4) is 11.1 Å². The molecule has 0 atom stereocenters. The smallest absolute Gasteiger partial charge is 0.358 e. The number of methoxy groups -OCH3 is 1. The van der Waals surface area contributed by atoms with E-state index in [0.29, 0.717) is 5.69 Å². The van der Waals surface area contributed by atoms with Gasteiger partial charge in [0.2, 0.25) is 0 Å². The Bertz CT molecular complexity index is 1040. The first-order chi connectivity index (χ1) is 14.1. The summed E-state index contributed by atoms with van der Waals surface area (Å²) in [7, 11) is 5.50. The average Bonchev–Trinajstić information content (AvgIpc) is 2.77. The van der Waals surface area contributed by atoms with Gasteiger partial charge in [0.05, 0.1) is 12.8 Å². The van der Waals surface area contributed by atoms with Crippen LogP contribution >= 0.6 is 0 Å². The molecular weight excluding hydrogens is 364 g/mol. The fraction of sp³-hybridized carbons (Fsp3) is 0.304. The van der Waals surface area contributed by atoms with Crippen LogP contribution in [0.1, 0.15) is 10.5 Å². The van der Waals surface area contributed by atoms with E-state index < -0.39 is 5.97 Å². The molecule has 29 heavy (non-hydrogen) atoms. The van der Waals surface area contributed by atoms with Gasteiger partial charge in [-0.1, -0.05) is 30.3 Å². The van der Waals surface area contributed by atoms with Crippen molar-refractivity contribution in [2.24, 2.45) is 0 Å². The maximum Gasteiger partial charge on any atom is 0.358 e. The number of pyridine rings is 1. The Kier molecular flexibility index (Phi) is 5.36. The second kappa shape index (κ2) is 8.09. The van der Waals surface area contributed by atoms with Crippen molar-refractivity contribution < 1.29 is 9.53 Å². The van der Waals surface area contributed by atoms with E-state index in [4.69, 9.17) is 4.74 Å². The third-order valence-corrected chi connectivity index (χ3v) is 5.40. The van der Waals surface area contributed by atoms with E-state index in [2.05, 4.69) is 76.7 Å². The number of carbonyl (C=O) groups is 1. The monoisotopic (exact) mass is 390 g/mol. The number of nitrogens with zero attached hydrogens (tertiary/aromatic N) is 3. The molecule has 0 amide bonds. The standard InChI is InChI=1S/C23H26N4O2/c1-26(2)20-9-5-7-18-17(6-4-8-19(18)20)16-14-21(27-12-10-24-11-13-27)22(25-15-16)23(28)29-3/h4-9,14-15,24H,10-13H2,1-3H3. The SMILES string of the molecule is COC(=O)c1ncc(-c2cccc3c(N(C)C)cccc23)cc1N1CCNCC1. The van der Waals surface area contributed by atoms with Crippen molar-refractivity contribution in [2.45, 2.75) is 0 Å². The first-order valence-electron chi connectivity index (χ1n) is 9.83. The number of aromatic nitrogens is 1. The zero-order valence-corrected chi connectivity index (χ0v) is 17.1. The molecule has 1 N–H and O–H groups in total. The van der Waals surface area contributed by atoms with Gasteiger partial charge in [-0.2, -0.15) is 0 Å². The van der Waals surface area contributed by atoms with E-state index in [1.165, 1.54) is 18.2 Å². The number of fused-ring (bicyclic) bond motifs is 1. The van der Waals surface area contributed by atoms with Crippen LogP contribution in [0.3, 0.4) is 0 Å². The van der Waals surface area contributed by atoms with E-state index in [1.54, 1.807) is 6.20 Å². The minimum Gasteiger partial charge on any atom is -0.464 e. The van der Waals surface area contributed by atoms with Crippen LogP contribution in [-0.4, -0.2) is 58.3 Å². The van der Waals surface area contributed by atoms with Crippen LogP contribution < -0.4 is 15.1 Å². The van der Waals surface area contributed by atoms with Gasteiger partial charge in [0.25, 0.3) is 0 Å². The van der Waals surface area contributed by atoms with Crippen molar-refractivity contribution in [1.82, 2.24) is 10.3 Å². The lowest BCUT2D eigenvalue weighted by molar-refractivity contribution is 0.0595. The van der Waals surface area contributed by atoms with E-state index in [-0.39, 0.29) is 0 Å². The second-order valence-corrected chi connectivity index (χ2v) is 7.39. The largest absolute Gasteiger partial charge is 0.464 e. The Hall–Kier alpha value is -3.12. The summed E-state index contributed by atoms with van der Waals surface area (Å²) in [5, 5.41) is 5.71. The normalized spacial score (nSPS) is 14.1. The predicted octanol–water partition coefficient (Wildman–Crippen LogP) is 3.16. The number of anilines is 2. The number of piperazine rings is 1. The van der Waals surface area contributed by atoms with Crippen molar-refractivity contribution >= 4 is 28.1 Å². The average molecular weight is 390 g/mol. The molecule has 0 bridgehead atoms. The Morgan fingerprint density at radius 1 is 1.10 bits per heavy atom. The van der Waals surface area contributed by atoms with Gasteiger partial charge in [0.1, 0.15) is 0 Å². The molecule has 1 saturated heterocycles.